The monoisotopic (exact) mass is 523 g/mol. The van der Waals surface area contributed by atoms with Crippen molar-refractivity contribution in [1.29, 1.82) is 0 Å². The number of fused-ring (bicyclic) bond motifs is 1. The smallest absolute Gasteiger partial charge is 0.418 e. The first-order chi connectivity index (χ1) is 16.8. The number of rotatable bonds is 5. The average molecular weight is 524 g/mol. The second kappa shape index (κ2) is 8.90. The van der Waals surface area contributed by atoms with Crippen molar-refractivity contribution < 1.29 is 28.1 Å². The van der Waals surface area contributed by atoms with Crippen LogP contribution in [0, 0.1) is 0 Å². The summed E-state index contributed by atoms with van der Waals surface area (Å²) in [4.78, 5) is 4.22. The molecule has 0 spiro atoms. The van der Waals surface area contributed by atoms with Gasteiger partial charge in [0.25, 0.3) is 0 Å². The van der Waals surface area contributed by atoms with E-state index >= 15 is 0 Å². The van der Waals surface area contributed by atoms with E-state index in [2.05, 4.69) is 10.3 Å². The van der Waals surface area contributed by atoms with Crippen molar-refractivity contribution in [2.45, 2.75) is 75.0 Å². The maximum Gasteiger partial charge on any atom is 0.418 e. The Labute approximate surface area is 212 Å². The van der Waals surface area contributed by atoms with Crippen LogP contribution in [0.1, 0.15) is 56.7 Å². The zero-order valence-corrected chi connectivity index (χ0v) is 20.8. The van der Waals surface area contributed by atoms with E-state index in [1.54, 1.807) is 25.1 Å². The zero-order valence-electron chi connectivity index (χ0n) is 20.0. The Bertz CT molecular complexity index is 1270. The SMILES string of the molecule is C[C@H]1C[C@@](O)(c2cccc(Cl)c2)C[C@@H](COc2cc(C(F)(F)F)c3c(c2)ncn3C2CC(C)(O)C2)N1. The molecule has 1 aromatic heterocycles. The third-order valence-corrected chi connectivity index (χ3v) is 7.49. The summed E-state index contributed by atoms with van der Waals surface area (Å²) in [5.41, 5.74) is -1.94. The van der Waals surface area contributed by atoms with Gasteiger partial charge in [-0.1, -0.05) is 23.7 Å². The first-order valence-electron chi connectivity index (χ1n) is 12.0. The first-order valence-corrected chi connectivity index (χ1v) is 12.4. The van der Waals surface area contributed by atoms with Gasteiger partial charge in [0.2, 0.25) is 0 Å². The molecule has 36 heavy (non-hydrogen) atoms. The Hall–Kier alpha value is -2.33. The number of nitrogens with zero attached hydrogens (tertiary/aromatic N) is 2. The number of nitrogens with one attached hydrogen (secondary N) is 1. The number of aliphatic hydroxyl groups is 2. The fourth-order valence-electron chi connectivity index (χ4n) is 5.71. The van der Waals surface area contributed by atoms with Crippen LogP contribution in [-0.4, -0.2) is 44.1 Å². The Morgan fingerprint density at radius 2 is 1.92 bits per heavy atom. The van der Waals surface area contributed by atoms with Crippen molar-refractivity contribution in [1.82, 2.24) is 14.9 Å². The van der Waals surface area contributed by atoms with Gasteiger partial charge >= 0.3 is 6.18 Å². The van der Waals surface area contributed by atoms with Gasteiger partial charge in [0.05, 0.1) is 34.1 Å². The molecule has 5 rings (SSSR count). The summed E-state index contributed by atoms with van der Waals surface area (Å²) in [6.45, 7) is 3.69. The van der Waals surface area contributed by atoms with Gasteiger partial charge < -0.3 is 24.8 Å². The van der Waals surface area contributed by atoms with Crippen LogP contribution in [0.25, 0.3) is 11.0 Å². The molecule has 1 aliphatic carbocycles. The molecule has 0 unspecified atom stereocenters. The molecule has 1 saturated heterocycles. The summed E-state index contributed by atoms with van der Waals surface area (Å²) in [5.74, 6) is 0.0620. The lowest BCUT2D eigenvalue weighted by atomic mass is 9.77. The predicted molar refractivity (Wildman–Crippen MR) is 130 cm³/mol. The Morgan fingerprint density at radius 1 is 1.17 bits per heavy atom. The summed E-state index contributed by atoms with van der Waals surface area (Å²) in [7, 11) is 0. The normalized spacial score (nSPS) is 30.8. The molecule has 2 aromatic carbocycles. The third kappa shape index (κ3) is 4.94. The van der Waals surface area contributed by atoms with Crippen LogP contribution in [0.2, 0.25) is 5.02 Å². The van der Waals surface area contributed by atoms with Crippen molar-refractivity contribution in [3.05, 3.63) is 58.9 Å². The lowest BCUT2D eigenvalue weighted by Gasteiger charge is -2.42. The van der Waals surface area contributed by atoms with Gasteiger partial charge in [0.15, 0.2) is 0 Å². The van der Waals surface area contributed by atoms with E-state index in [-0.39, 0.29) is 41.5 Å². The van der Waals surface area contributed by atoms with E-state index in [4.69, 9.17) is 16.3 Å². The molecule has 3 aromatic rings. The molecule has 3 atom stereocenters. The quantitative estimate of drug-likeness (QED) is 0.428. The van der Waals surface area contributed by atoms with Crippen LogP contribution in [-0.2, 0) is 11.8 Å². The number of benzene rings is 2. The molecule has 194 valence electrons. The minimum atomic E-state index is -4.61. The van der Waals surface area contributed by atoms with Crippen LogP contribution in [0.15, 0.2) is 42.7 Å². The van der Waals surface area contributed by atoms with Gasteiger partial charge in [-0.2, -0.15) is 13.2 Å². The standard InChI is InChI=1S/C26H29ClF3N3O3/c1-15-9-25(35,16-4-3-5-17(27)6-16)10-18(32-15)13-36-20-7-21(26(28,29)30)23-22(8-20)31-14-33(23)19-11-24(2,34)12-19/h3-8,14-15,18-19,32,34-35H,9-13H2,1-2H3/t15-,18-,19?,24?,25-/m0/s1. The zero-order chi connectivity index (χ0) is 25.9. The summed E-state index contributed by atoms with van der Waals surface area (Å²) in [6, 6.07) is 9.02. The van der Waals surface area contributed by atoms with Gasteiger partial charge in [-0.3, -0.25) is 0 Å². The minimum Gasteiger partial charge on any atom is -0.492 e. The summed E-state index contributed by atoms with van der Waals surface area (Å²) in [5, 5.41) is 25.3. The molecule has 0 bridgehead atoms. The molecule has 0 amide bonds. The molecular formula is C26H29ClF3N3O3. The number of aromatic nitrogens is 2. The van der Waals surface area contributed by atoms with Crippen LogP contribution < -0.4 is 10.1 Å². The number of ether oxygens (including phenoxy) is 1. The molecule has 2 aliphatic rings. The molecule has 2 heterocycles. The van der Waals surface area contributed by atoms with E-state index in [0.717, 1.165) is 6.07 Å². The van der Waals surface area contributed by atoms with Gasteiger partial charge in [-0.15, -0.1) is 0 Å². The van der Waals surface area contributed by atoms with Gasteiger partial charge in [0, 0.05) is 29.2 Å². The number of alkyl halides is 3. The molecule has 0 radical (unpaired) electrons. The molecule has 3 N–H and O–H groups in total. The van der Waals surface area contributed by atoms with E-state index in [1.807, 2.05) is 13.0 Å². The molecule has 1 saturated carbocycles. The lowest BCUT2D eigenvalue weighted by molar-refractivity contribution is -0.136. The number of imidazole rings is 1. The molecule has 1 aliphatic heterocycles. The first kappa shape index (κ1) is 25.3. The van der Waals surface area contributed by atoms with Crippen LogP contribution in [0.5, 0.6) is 5.75 Å². The maximum atomic E-state index is 14.1. The second-order valence-electron chi connectivity index (χ2n) is 10.6. The Kier molecular flexibility index (Phi) is 6.26. The van der Waals surface area contributed by atoms with Crippen LogP contribution in [0.4, 0.5) is 13.2 Å². The highest BCUT2D eigenvalue weighted by Gasteiger charge is 2.43. The fourth-order valence-corrected chi connectivity index (χ4v) is 5.90. The number of hydrogen-bond acceptors (Lipinski definition) is 5. The number of halogens is 4. The summed E-state index contributed by atoms with van der Waals surface area (Å²) >= 11 is 6.12. The van der Waals surface area contributed by atoms with Gasteiger partial charge in [-0.05, 0) is 63.3 Å². The third-order valence-electron chi connectivity index (χ3n) is 7.25. The average Bonchev–Trinajstić information content (AvgIpc) is 3.18. The van der Waals surface area contributed by atoms with Crippen molar-refractivity contribution in [2.24, 2.45) is 0 Å². The molecule has 6 nitrogen and oxygen atoms in total. The van der Waals surface area contributed by atoms with Crippen molar-refractivity contribution in [3.63, 3.8) is 0 Å². The largest absolute Gasteiger partial charge is 0.492 e. The van der Waals surface area contributed by atoms with Crippen molar-refractivity contribution in [2.75, 3.05) is 6.61 Å². The Morgan fingerprint density at radius 3 is 2.58 bits per heavy atom. The topological polar surface area (TPSA) is 79.5 Å². The maximum absolute atomic E-state index is 14.1. The van der Waals surface area contributed by atoms with Gasteiger partial charge in [0.1, 0.15) is 12.4 Å². The molecule has 10 heteroatoms. The predicted octanol–water partition coefficient (Wildman–Crippen LogP) is 5.20. The highest BCUT2D eigenvalue weighted by atomic mass is 35.5. The van der Waals surface area contributed by atoms with E-state index in [1.165, 1.54) is 17.0 Å². The van der Waals surface area contributed by atoms with Crippen molar-refractivity contribution >= 4 is 22.6 Å². The van der Waals surface area contributed by atoms with E-state index in [0.29, 0.717) is 36.3 Å². The molecule has 2 fully saturated rings. The highest BCUT2D eigenvalue weighted by molar-refractivity contribution is 6.30. The van der Waals surface area contributed by atoms with Gasteiger partial charge in [-0.25, -0.2) is 4.98 Å². The highest BCUT2D eigenvalue weighted by Crippen LogP contribution is 2.45. The molecular weight excluding hydrogens is 495 g/mol. The van der Waals surface area contributed by atoms with Crippen LogP contribution >= 0.6 is 11.6 Å². The number of hydrogen-bond donors (Lipinski definition) is 3. The Balaban J connectivity index is 1.38. The van der Waals surface area contributed by atoms with E-state index in [9.17, 15) is 23.4 Å². The second-order valence-corrected chi connectivity index (χ2v) is 11.0. The lowest BCUT2D eigenvalue weighted by Crippen LogP contribution is -2.53. The number of piperidine rings is 1. The van der Waals surface area contributed by atoms with E-state index < -0.39 is 22.9 Å². The fraction of sp³-hybridized carbons (Fsp3) is 0.500. The summed E-state index contributed by atoms with van der Waals surface area (Å²) in [6.07, 6.45) is -1.67. The summed E-state index contributed by atoms with van der Waals surface area (Å²) < 4.78 is 49.5. The minimum absolute atomic E-state index is 0.00454. The van der Waals surface area contributed by atoms with Crippen LogP contribution in [0.3, 0.4) is 0 Å². The van der Waals surface area contributed by atoms with Crippen molar-refractivity contribution in [3.8, 4) is 5.75 Å².